The fourth-order valence-electron chi connectivity index (χ4n) is 2.28. The minimum absolute atomic E-state index is 0.0572. The Hall–Kier alpha value is -2.64. The number of carboxylic acids is 2. The summed E-state index contributed by atoms with van der Waals surface area (Å²) in [6.45, 7) is 4.26. The molecule has 1 aromatic carbocycles. The number of nitrogens with one attached hydrogen (secondary N) is 1. The van der Waals surface area contributed by atoms with Crippen molar-refractivity contribution in [3.63, 3.8) is 0 Å². The molecule has 0 aromatic heterocycles. The molecule has 0 saturated heterocycles. The topological polar surface area (TPSA) is 113 Å². The number of alkyl carbamates (subject to hydrolysis) is 1. The summed E-state index contributed by atoms with van der Waals surface area (Å²) < 4.78 is 17.5. The van der Waals surface area contributed by atoms with Crippen LogP contribution in [0.15, 0.2) is 24.3 Å². The minimum Gasteiger partial charge on any atom is -0.481 e. The van der Waals surface area contributed by atoms with Crippen LogP contribution in [0.2, 0.25) is 0 Å². The second-order valence-corrected chi connectivity index (χ2v) is 6.96. The first-order valence-electron chi connectivity index (χ1n) is 8.10. The van der Waals surface area contributed by atoms with E-state index in [0.717, 1.165) is 0 Å². The second kappa shape index (κ2) is 9.17. The lowest BCUT2D eigenvalue weighted by Gasteiger charge is -2.23. The Bertz CT molecular complexity index is 638. The number of amides is 1. The zero-order chi connectivity index (χ0) is 19.9. The van der Waals surface area contributed by atoms with Gasteiger partial charge >= 0.3 is 18.0 Å². The normalized spacial score (nSPS) is 13.5. The molecule has 0 heterocycles. The van der Waals surface area contributed by atoms with Gasteiger partial charge in [0.1, 0.15) is 18.3 Å². The van der Waals surface area contributed by atoms with Gasteiger partial charge in [-0.15, -0.1) is 0 Å². The summed E-state index contributed by atoms with van der Waals surface area (Å²) in [7, 11) is 0. The van der Waals surface area contributed by atoms with Crippen molar-refractivity contribution in [3.8, 4) is 0 Å². The van der Waals surface area contributed by atoms with E-state index in [0.29, 0.717) is 11.1 Å². The standard InChI is InChI=1S/C18H24FNO6/c1-18(2,3)26-17(25)20-14(16(23)24)9-13(15(21)22)8-11-4-6-12(10-19)7-5-11/h4-7,13-14H,8-10H2,1-3H3,(H,20,25)(H,21,22)(H,23,24)/t13-,14-/m0/s1. The molecule has 7 nitrogen and oxygen atoms in total. The van der Waals surface area contributed by atoms with Crippen LogP contribution in [0.1, 0.15) is 38.3 Å². The average Bonchev–Trinajstić information content (AvgIpc) is 2.52. The van der Waals surface area contributed by atoms with E-state index in [1.165, 1.54) is 0 Å². The maximum Gasteiger partial charge on any atom is 0.408 e. The molecule has 0 aliphatic carbocycles. The highest BCUT2D eigenvalue weighted by Crippen LogP contribution is 2.17. The highest BCUT2D eigenvalue weighted by atomic mass is 19.1. The van der Waals surface area contributed by atoms with Crippen molar-refractivity contribution in [3.05, 3.63) is 35.4 Å². The molecule has 26 heavy (non-hydrogen) atoms. The van der Waals surface area contributed by atoms with Gasteiger partial charge in [-0.2, -0.15) is 0 Å². The Labute approximate surface area is 151 Å². The van der Waals surface area contributed by atoms with Crippen molar-refractivity contribution in [2.24, 2.45) is 5.92 Å². The molecule has 3 N–H and O–H groups in total. The van der Waals surface area contributed by atoms with Gasteiger partial charge in [-0.3, -0.25) is 4.79 Å². The Morgan fingerprint density at radius 1 is 1.08 bits per heavy atom. The van der Waals surface area contributed by atoms with Gasteiger partial charge in [0.05, 0.1) is 5.92 Å². The van der Waals surface area contributed by atoms with Gasteiger partial charge < -0.3 is 20.3 Å². The maximum absolute atomic E-state index is 12.5. The SMILES string of the molecule is CC(C)(C)OC(=O)N[C@@H](C[C@H](Cc1ccc(CF)cc1)C(=O)O)C(=O)O. The quantitative estimate of drug-likeness (QED) is 0.649. The summed E-state index contributed by atoms with van der Waals surface area (Å²) in [6, 6.07) is 4.88. The third kappa shape index (κ3) is 7.50. The van der Waals surface area contributed by atoms with Crippen molar-refractivity contribution in [1.82, 2.24) is 5.32 Å². The van der Waals surface area contributed by atoms with Gasteiger partial charge in [0, 0.05) is 0 Å². The van der Waals surface area contributed by atoms with E-state index in [-0.39, 0.29) is 12.8 Å². The number of ether oxygens (including phenoxy) is 1. The van der Waals surface area contributed by atoms with Crippen LogP contribution < -0.4 is 5.32 Å². The molecular weight excluding hydrogens is 345 g/mol. The van der Waals surface area contributed by atoms with Crippen LogP contribution in [0.5, 0.6) is 0 Å². The molecule has 1 amide bonds. The van der Waals surface area contributed by atoms with Crippen molar-refractivity contribution in [2.75, 3.05) is 0 Å². The Morgan fingerprint density at radius 2 is 1.62 bits per heavy atom. The lowest BCUT2D eigenvalue weighted by atomic mass is 9.92. The summed E-state index contributed by atoms with van der Waals surface area (Å²) in [6.07, 6.45) is -1.18. The first-order chi connectivity index (χ1) is 12.0. The van der Waals surface area contributed by atoms with Gasteiger partial charge in [-0.05, 0) is 44.7 Å². The molecule has 0 radical (unpaired) electrons. The molecule has 0 aliphatic rings. The minimum atomic E-state index is -1.41. The largest absolute Gasteiger partial charge is 0.481 e. The number of carbonyl (C=O) groups is 3. The number of hydrogen-bond acceptors (Lipinski definition) is 4. The van der Waals surface area contributed by atoms with Crippen LogP contribution in [0.25, 0.3) is 0 Å². The first kappa shape index (κ1) is 21.4. The summed E-state index contributed by atoms with van der Waals surface area (Å²) >= 11 is 0. The lowest BCUT2D eigenvalue weighted by Crippen LogP contribution is -2.45. The lowest BCUT2D eigenvalue weighted by molar-refractivity contribution is -0.144. The Kier molecular flexibility index (Phi) is 7.55. The molecule has 0 fully saturated rings. The summed E-state index contributed by atoms with van der Waals surface area (Å²) in [5, 5.41) is 20.9. The summed E-state index contributed by atoms with van der Waals surface area (Å²) in [5.41, 5.74) is 0.295. The highest BCUT2D eigenvalue weighted by molar-refractivity contribution is 5.81. The fraction of sp³-hybridized carbons (Fsp3) is 0.500. The van der Waals surface area contributed by atoms with Crippen molar-refractivity contribution >= 4 is 18.0 Å². The number of hydrogen-bond donors (Lipinski definition) is 3. The van der Waals surface area contributed by atoms with Crippen LogP contribution in [-0.4, -0.2) is 39.9 Å². The van der Waals surface area contributed by atoms with E-state index in [1.54, 1.807) is 45.0 Å². The van der Waals surface area contributed by atoms with Gasteiger partial charge in [0.2, 0.25) is 0 Å². The number of carboxylic acid groups (broad SMARTS) is 2. The molecule has 0 aliphatic heterocycles. The zero-order valence-electron chi connectivity index (χ0n) is 15.0. The number of aliphatic carboxylic acids is 2. The van der Waals surface area contributed by atoms with Gasteiger partial charge in [0.15, 0.2) is 0 Å². The van der Waals surface area contributed by atoms with Gasteiger partial charge in [-0.25, -0.2) is 14.0 Å². The van der Waals surface area contributed by atoms with Gasteiger partial charge in [-0.1, -0.05) is 24.3 Å². The van der Waals surface area contributed by atoms with E-state index in [1.807, 2.05) is 0 Å². The van der Waals surface area contributed by atoms with Gasteiger partial charge in [0.25, 0.3) is 0 Å². The van der Waals surface area contributed by atoms with Crippen molar-refractivity contribution in [1.29, 1.82) is 0 Å². The van der Waals surface area contributed by atoms with Crippen molar-refractivity contribution in [2.45, 2.75) is 51.9 Å². The average molecular weight is 369 g/mol. The number of benzene rings is 1. The summed E-state index contributed by atoms with van der Waals surface area (Å²) in [5.74, 6) is -3.58. The molecule has 144 valence electrons. The predicted octanol–water partition coefficient (Wildman–Crippen LogP) is 2.77. The predicted molar refractivity (Wildman–Crippen MR) is 91.5 cm³/mol. The number of alkyl halides is 1. The van der Waals surface area contributed by atoms with Crippen LogP contribution in [0.4, 0.5) is 9.18 Å². The molecule has 0 spiro atoms. The number of carbonyl (C=O) groups excluding carboxylic acids is 1. The Balaban J connectivity index is 2.81. The zero-order valence-corrected chi connectivity index (χ0v) is 15.0. The van der Waals surface area contributed by atoms with E-state index in [2.05, 4.69) is 5.32 Å². The van der Waals surface area contributed by atoms with E-state index in [9.17, 15) is 29.0 Å². The monoisotopic (exact) mass is 369 g/mol. The van der Waals surface area contributed by atoms with Crippen LogP contribution in [-0.2, 0) is 27.4 Å². The number of halogens is 1. The van der Waals surface area contributed by atoms with Crippen LogP contribution >= 0.6 is 0 Å². The van der Waals surface area contributed by atoms with Crippen molar-refractivity contribution < 1.29 is 33.7 Å². The smallest absolute Gasteiger partial charge is 0.408 e. The molecule has 1 rings (SSSR count). The molecular formula is C18H24FNO6. The molecule has 1 aromatic rings. The third-order valence-corrected chi connectivity index (χ3v) is 3.52. The molecule has 0 unspecified atom stereocenters. The van der Waals surface area contributed by atoms with E-state index < -0.39 is 42.3 Å². The number of rotatable bonds is 8. The fourth-order valence-corrected chi connectivity index (χ4v) is 2.28. The van der Waals surface area contributed by atoms with E-state index >= 15 is 0 Å². The Morgan fingerprint density at radius 3 is 2.04 bits per heavy atom. The summed E-state index contributed by atoms with van der Waals surface area (Å²) in [4.78, 5) is 34.7. The first-order valence-corrected chi connectivity index (χ1v) is 8.10. The highest BCUT2D eigenvalue weighted by Gasteiger charge is 2.30. The third-order valence-electron chi connectivity index (χ3n) is 3.52. The van der Waals surface area contributed by atoms with Crippen LogP contribution in [0.3, 0.4) is 0 Å². The molecule has 0 bridgehead atoms. The maximum atomic E-state index is 12.5. The second-order valence-electron chi connectivity index (χ2n) is 6.96. The van der Waals surface area contributed by atoms with Crippen LogP contribution in [0, 0.1) is 5.92 Å². The molecule has 8 heteroatoms. The molecule has 2 atom stereocenters. The molecule has 0 saturated carbocycles. The van der Waals surface area contributed by atoms with E-state index in [4.69, 9.17) is 4.74 Å².